The summed E-state index contributed by atoms with van der Waals surface area (Å²) in [5.74, 6) is 0. The Morgan fingerprint density at radius 2 is 2.35 bits per heavy atom. The largest absolute Gasteiger partial charge is 0.371 e. The van der Waals surface area contributed by atoms with E-state index >= 15 is 0 Å². The van der Waals surface area contributed by atoms with Crippen molar-refractivity contribution in [2.45, 2.75) is 25.9 Å². The zero-order chi connectivity index (χ0) is 14.8. The lowest BCUT2D eigenvalue weighted by molar-refractivity contribution is 0.598. The number of allylic oxidation sites excluding steroid dienone is 1. The second-order valence-corrected chi connectivity index (χ2v) is 6.01. The Labute approximate surface area is 125 Å². The van der Waals surface area contributed by atoms with E-state index in [0.717, 1.165) is 5.01 Å². The molecule has 0 radical (unpaired) electrons. The first kappa shape index (κ1) is 14.7. The van der Waals surface area contributed by atoms with Crippen molar-refractivity contribution < 1.29 is 0 Å². The molecule has 0 amide bonds. The molecule has 106 valence electrons. The molecule has 2 heterocycles. The van der Waals surface area contributed by atoms with E-state index in [4.69, 9.17) is 11.6 Å². The number of anilines is 1. The van der Waals surface area contributed by atoms with Gasteiger partial charge in [0.1, 0.15) is 10.0 Å². The highest BCUT2D eigenvalue weighted by atomic mass is 35.5. The molecule has 0 aliphatic rings. The summed E-state index contributed by atoms with van der Waals surface area (Å²) in [6.45, 7) is 7.84. The van der Waals surface area contributed by atoms with E-state index in [2.05, 4.69) is 22.0 Å². The molecule has 0 saturated carbocycles. The summed E-state index contributed by atoms with van der Waals surface area (Å²) in [7, 11) is 0. The normalized spacial score (nSPS) is 11.3. The molecule has 0 atom stereocenters. The predicted octanol–water partition coefficient (Wildman–Crippen LogP) is 2.89. The summed E-state index contributed by atoms with van der Waals surface area (Å²) < 4.78 is 1.26. The third-order valence-electron chi connectivity index (χ3n) is 2.70. The minimum absolute atomic E-state index is 0.117. The van der Waals surface area contributed by atoms with Crippen molar-refractivity contribution in [2.75, 3.05) is 5.32 Å². The van der Waals surface area contributed by atoms with Crippen molar-refractivity contribution in [3.8, 4) is 0 Å². The molecule has 0 aliphatic carbocycles. The topological polar surface area (TPSA) is 59.8 Å². The molecule has 20 heavy (non-hydrogen) atoms. The molecule has 2 rings (SSSR count). The summed E-state index contributed by atoms with van der Waals surface area (Å²) in [5, 5.41) is 10.2. The Balaban J connectivity index is 2.33. The van der Waals surface area contributed by atoms with Crippen LogP contribution in [0.25, 0.3) is 0 Å². The summed E-state index contributed by atoms with van der Waals surface area (Å²) in [5.41, 5.74) is -0.278. The molecule has 0 fully saturated rings. The highest BCUT2D eigenvalue weighted by Crippen LogP contribution is 2.28. The Bertz CT molecular complexity index is 664. The number of nitrogens with zero attached hydrogens (tertiary/aromatic N) is 3. The zero-order valence-corrected chi connectivity index (χ0v) is 12.8. The smallest absolute Gasteiger partial charge is 0.287 e. The molecule has 0 unspecified atom stereocenters. The highest BCUT2D eigenvalue weighted by Gasteiger charge is 2.24. The van der Waals surface area contributed by atoms with E-state index in [1.54, 1.807) is 18.5 Å². The van der Waals surface area contributed by atoms with Gasteiger partial charge < -0.3 is 5.32 Å². The van der Waals surface area contributed by atoms with E-state index in [9.17, 15) is 4.79 Å². The minimum atomic E-state index is -0.434. The van der Waals surface area contributed by atoms with Gasteiger partial charge in [-0.3, -0.25) is 4.79 Å². The quantitative estimate of drug-likeness (QED) is 0.863. The van der Waals surface area contributed by atoms with Crippen LogP contribution in [0.15, 0.2) is 35.2 Å². The van der Waals surface area contributed by atoms with Crippen molar-refractivity contribution in [1.82, 2.24) is 14.8 Å². The first-order valence-electron chi connectivity index (χ1n) is 6.00. The summed E-state index contributed by atoms with van der Waals surface area (Å²) >= 11 is 7.65. The van der Waals surface area contributed by atoms with Crippen molar-refractivity contribution in [3.05, 3.63) is 50.8 Å². The van der Waals surface area contributed by atoms with Gasteiger partial charge in [0.25, 0.3) is 5.56 Å². The van der Waals surface area contributed by atoms with Crippen molar-refractivity contribution in [3.63, 3.8) is 0 Å². The second-order valence-electron chi connectivity index (χ2n) is 4.74. The van der Waals surface area contributed by atoms with Crippen LogP contribution in [0, 0.1) is 0 Å². The van der Waals surface area contributed by atoms with Crippen LogP contribution < -0.4 is 10.9 Å². The number of rotatable bonds is 5. The van der Waals surface area contributed by atoms with Gasteiger partial charge in [-0.2, -0.15) is 5.10 Å². The van der Waals surface area contributed by atoms with Gasteiger partial charge in [0.05, 0.1) is 24.0 Å². The molecule has 0 saturated heterocycles. The molecule has 0 aromatic carbocycles. The van der Waals surface area contributed by atoms with Gasteiger partial charge in [-0.1, -0.05) is 17.7 Å². The Hall–Kier alpha value is -1.66. The lowest BCUT2D eigenvalue weighted by atomic mass is 10.1. The number of hydrogen-bond donors (Lipinski definition) is 1. The van der Waals surface area contributed by atoms with Crippen molar-refractivity contribution >= 4 is 28.6 Å². The molecule has 5 nitrogen and oxygen atoms in total. The first-order valence-corrected chi connectivity index (χ1v) is 7.26. The fourth-order valence-corrected chi connectivity index (χ4v) is 2.64. The molecule has 2 aromatic rings. The lowest BCUT2D eigenvalue weighted by Crippen LogP contribution is -2.30. The summed E-state index contributed by atoms with van der Waals surface area (Å²) in [6, 6.07) is 0. The van der Waals surface area contributed by atoms with E-state index < -0.39 is 5.54 Å². The van der Waals surface area contributed by atoms with Crippen LogP contribution >= 0.6 is 22.9 Å². The molecule has 0 aliphatic heterocycles. The number of thiazole rings is 1. The average molecular weight is 311 g/mol. The lowest BCUT2D eigenvalue weighted by Gasteiger charge is -2.25. The van der Waals surface area contributed by atoms with Crippen molar-refractivity contribution in [1.29, 1.82) is 0 Å². The van der Waals surface area contributed by atoms with Crippen LogP contribution in [0.5, 0.6) is 0 Å². The van der Waals surface area contributed by atoms with Crippen LogP contribution in [0.3, 0.4) is 0 Å². The highest BCUT2D eigenvalue weighted by molar-refractivity contribution is 7.09. The number of hydrogen-bond acceptors (Lipinski definition) is 5. The molecule has 0 bridgehead atoms. The number of aromatic nitrogens is 3. The van der Waals surface area contributed by atoms with Gasteiger partial charge in [-0.15, -0.1) is 17.9 Å². The Morgan fingerprint density at radius 1 is 1.60 bits per heavy atom. The summed E-state index contributed by atoms with van der Waals surface area (Å²) in [6.07, 6.45) is 4.88. The number of halogens is 1. The molecular formula is C13H15ClN4OS. The van der Waals surface area contributed by atoms with Crippen LogP contribution in [-0.2, 0) is 12.1 Å². The molecule has 7 heteroatoms. The maximum atomic E-state index is 12.0. The van der Waals surface area contributed by atoms with Crippen LogP contribution in [0.1, 0.15) is 18.9 Å². The summed E-state index contributed by atoms with van der Waals surface area (Å²) in [4.78, 5) is 16.3. The SMILES string of the molecule is C=CCn1ncc(NC(C)(C)c2nccs2)c(Cl)c1=O. The fraction of sp³-hybridized carbons (Fsp3) is 0.308. The van der Waals surface area contributed by atoms with Gasteiger partial charge in [-0.05, 0) is 13.8 Å². The van der Waals surface area contributed by atoms with Gasteiger partial charge >= 0.3 is 0 Å². The van der Waals surface area contributed by atoms with Crippen LogP contribution in [0.2, 0.25) is 5.02 Å². The Morgan fingerprint density at radius 3 is 2.95 bits per heavy atom. The average Bonchev–Trinajstić information content (AvgIpc) is 2.93. The second kappa shape index (κ2) is 5.76. The zero-order valence-electron chi connectivity index (χ0n) is 11.3. The monoisotopic (exact) mass is 310 g/mol. The Kier molecular flexibility index (Phi) is 4.25. The molecule has 2 aromatic heterocycles. The van der Waals surface area contributed by atoms with Gasteiger partial charge in [0.15, 0.2) is 0 Å². The molecule has 1 N–H and O–H groups in total. The third kappa shape index (κ3) is 2.91. The van der Waals surface area contributed by atoms with E-state index in [1.165, 1.54) is 16.0 Å². The van der Waals surface area contributed by atoms with Crippen LogP contribution in [0.4, 0.5) is 5.69 Å². The first-order chi connectivity index (χ1) is 9.45. The van der Waals surface area contributed by atoms with Gasteiger partial charge in [0, 0.05) is 11.6 Å². The van der Waals surface area contributed by atoms with Gasteiger partial charge in [0.2, 0.25) is 0 Å². The fourth-order valence-electron chi connectivity index (χ4n) is 1.73. The van der Waals surface area contributed by atoms with E-state index in [0.29, 0.717) is 12.2 Å². The van der Waals surface area contributed by atoms with Crippen molar-refractivity contribution in [2.24, 2.45) is 0 Å². The maximum Gasteiger partial charge on any atom is 0.287 e. The van der Waals surface area contributed by atoms with E-state index in [1.807, 2.05) is 19.2 Å². The molecule has 0 spiro atoms. The molecular weight excluding hydrogens is 296 g/mol. The van der Waals surface area contributed by atoms with Crippen LogP contribution in [-0.4, -0.2) is 14.8 Å². The third-order valence-corrected chi connectivity index (χ3v) is 4.16. The standard InChI is InChI=1S/C13H15ClN4OS/c1-4-6-18-11(19)10(14)9(8-16-18)17-13(2,3)12-15-5-7-20-12/h4-5,7-8,17H,1,6H2,2-3H3. The van der Waals surface area contributed by atoms with E-state index in [-0.39, 0.29) is 10.6 Å². The maximum absolute atomic E-state index is 12.0. The number of nitrogens with one attached hydrogen (secondary N) is 1. The minimum Gasteiger partial charge on any atom is -0.371 e. The predicted molar refractivity (Wildman–Crippen MR) is 82.5 cm³/mol. The van der Waals surface area contributed by atoms with Gasteiger partial charge in [-0.25, -0.2) is 9.67 Å².